The van der Waals surface area contributed by atoms with Gasteiger partial charge in [-0.2, -0.15) is 0 Å². The number of imidazole rings is 1. The molecule has 7 nitrogen and oxygen atoms in total. The van der Waals surface area contributed by atoms with Gasteiger partial charge in [0.2, 0.25) is 5.95 Å². The van der Waals surface area contributed by atoms with Gasteiger partial charge in [0, 0.05) is 13.1 Å². The van der Waals surface area contributed by atoms with Crippen LogP contribution in [0.25, 0.3) is 11.3 Å². The average Bonchev–Trinajstić information content (AvgIpc) is 3.03. The monoisotopic (exact) mass is 352 g/mol. The summed E-state index contributed by atoms with van der Waals surface area (Å²) < 4.78 is 12.3. The number of carbonyl (C=O) groups is 1. The topological polar surface area (TPSA) is 77.4 Å². The molecule has 2 N–H and O–H groups in total. The van der Waals surface area contributed by atoms with Crippen LogP contribution in [0.4, 0.5) is 16.4 Å². The van der Waals surface area contributed by atoms with Crippen molar-refractivity contribution >= 4 is 17.7 Å². The molecule has 0 radical (unpaired) electrons. The number of anilines is 2. The lowest BCUT2D eigenvalue weighted by Crippen LogP contribution is -2.21. The van der Waals surface area contributed by atoms with Gasteiger partial charge >= 0.3 is 6.03 Å². The third-order valence-corrected chi connectivity index (χ3v) is 3.94. The fourth-order valence-electron chi connectivity index (χ4n) is 2.56. The van der Waals surface area contributed by atoms with E-state index in [1.165, 1.54) is 7.11 Å². The van der Waals surface area contributed by atoms with Gasteiger partial charge in [0.1, 0.15) is 11.5 Å². The Hall–Kier alpha value is -3.48. The lowest BCUT2D eigenvalue weighted by atomic mass is 10.2. The first kappa shape index (κ1) is 17.3. The summed E-state index contributed by atoms with van der Waals surface area (Å²) in [6.07, 6.45) is 1.72. The number of amides is 2. The number of hydrogen-bond acceptors (Lipinski definition) is 4. The van der Waals surface area contributed by atoms with Crippen LogP contribution in [0.2, 0.25) is 0 Å². The minimum Gasteiger partial charge on any atom is -0.497 e. The molecule has 2 amide bonds. The maximum atomic E-state index is 12.3. The summed E-state index contributed by atoms with van der Waals surface area (Å²) in [6.45, 7) is 0. The Balaban J connectivity index is 1.74. The lowest BCUT2D eigenvalue weighted by Gasteiger charge is -2.12. The number of methoxy groups -OCH3 is 2. The summed E-state index contributed by atoms with van der Waals surface area (Å²) in [4.78, 5) is 16.6. The predicted molar refractivity (Wildman–Crippen MR) is 101 cm³/mol. The minimum absolute atomic E-state index is 0.415. The number of carbonyl (C=O) groups excluding carboxylic acids is 1. The van der Waals surface area contributed by atoms with Crippen LogP contribution >= 0.6 is 0 Å². The maximum Gasteiger partial charge on any atom is 0.326 e. The highest BCUT2D eigenvalue weighted by molar-refractivity contribution is 6.00. The number of urea groups is 1. The molecule has 0 atom stereocenters. The van der Waals surface area contributed by atoms with Gasteiger partial charge in [-0.1, -0.05) is 30.3 Å². The zero-order valence-electron chi connectivity index (χ0n) is 14.8. The van der Waals surface area contributed by atoms with Gasteiger partial charge < -0.3 is 19.4 Å². The maximum absolute atomic E-state index is 12.3. The number of hydrogen-bond donors (Lipinski definition) is 2. The van der Waals surface area contributed by atoms with Gasteiger partial charge in [0.25, 0.3) is 0 Å². The van der Waals surface area contributed by atoms with E-state index in [0.29, 0.717) is 23.1 Å². The standard InChI is InChI=1S/C19H20N4O3/c1-23-16(13-7-5-4-6-8-13)12-20-18(23)22-19(24)21-15-10-9-14(25-2)11-17(15)26-3/h4-12H,1-3H3,(H2,20,21,22,24). The van der Waals surface area contributed by atoms with Crippen molar-refractivity contribution in [2.24, 2.45) is 7.05 Å². The molecule has 26 heavy (non-hydrogen) atoms. The van der Waals surface area contributed by atoms with Crippen molar-refractivity contribution in [3.63, 3.8) is 0 Å². The molecule has 0 aliphatic heterocycles. The Morgan fingerprint density at radius 3 is 2.50 bits per heavy atom. The number of nitrogens with one attached hydrogen (secondary N) is 2. The van der Waals surface area contributed by atoms with Crippen LogP contribution in [0, 0.1) is 0 Å². The summed E-state index contributed by atoms with van der Waals surface area (Å²) in [6, 6.07) is 14.6. The molecule has 7 heteroatoms. The quantitative estimate of drug-likeness (QED) is 0.733. The van der Waals surface area contributed by atoms with Crippen LogP contribution in [0.1, 0.15) is 0 Å². The van der Waals surface area contributed by atoms with Crippen molar-refractivity contribution in [3.05, 3.63) is 54.7 Å². The zero-order valence-corrected chi connectivity index (χ0v) is 14.8. The number of rotatable bonds is 5. The van der Waals surface area contributed by atoms with E-state index in [4.69, 9.17) is 9.47 Å². The van der Waals surface area contributed by atoms with Crippen molar-refractivity contribution in [2.45, 2.75) is 0 Å². The Bertz CT molecular complexity index is 906. The molecule has 0 unspecified atom stereocenters. The van der Waals surface area contributed by atoms with E-state index in [0.717, 1.165) is 11.3 Å². The fraction of sp³-hybridized carbons (Fsp3) is 0.158. The predicted octanol–water partition coefficient (Wildman–Crippen LogP) is 3.75. The van der Waals surface area contributed by atoms with E-state index >= 15 is 0 Å². The van der Waals surface area contributed by atoms with E-state index in [9.17, 15) is 4.79 Å². The highest BCUT2D eigenvalue weighted by atomic mass is 16.5. The van der Waals surface area contributed by atoms with E-state index in [2.05, 4.69) is 15.6 Å². The summed E-state index contributed by atoms with van der Waals surface area (Å²) in [5, 5.41) is 5.50. The molecular formula is C19H20N4O3. The first-order valence-corrected chi connectivity index (χ1v) is 7.99. The molecule has 0 bridgehead atoms. The Morgan fingerprint density at radius 1 is 1.04 bits per heavy atom. The van der Waals surface area contributed by atoms with Gasteiger partial charge in [0.15, 0.2) is 0 Å². The third-order valence-electron chi connectivity index (χ3n) is 3.94. The van der Waals surface area contributed by atoms with Gasteiger partial charge in [-0.3, -0.25) is 5.32 Å². The zero-order chi connectivity index (χ0) is 18.5. The smallest absolute Gasteiger partial charge is 0.326 e. The fourth-order valence-corrected chi connectivity index (χ4v) is 2.56. The summed E-state index contributed by atoms with van der Waals surface area (Å²) in [7, 11) is 4.95. The first-order chi connectivity index (χ1) is 12.6. The van der Waals surface area contributed by atoms with Crippen molar-refractivity contribution in [3.8, 4) is 22.8 Å². The van der Waals surface area contributed by atoms with Crippen LogP contribution in [0.15, 0.2) is 54.7 Å². The molecule has 0 aliphatic rings. The van der Waals surface area contributed by atoms with E-state index < -0.39 is 6.03 Å². The van der Waals surface area contributed by atoms with Crippen LogP contribution in [0.5, 0.6) is 11.5 Å². The second kappa shape index (κ2) is 7.60. The number of nitrogens with zero attached hydrogens (tertiary/aromatic N) is 2. The second-order valence-electron chi connectivity index (χ2n) is 5.54. The second-order valence-corrected chi connectivity index (χ2v) is 5.54. The molecule has 0 fully saturated rings. The van der Waals surface area contributed by atoms with Crippen LogP contribution in [0.3, 0.4) is 0 Å². The number of aromatic nitrogens is 2. The lowest BCUT2D eigenvalue weighted by molar-refractivity contribution is 0.261. The largest absolute Gasteiger partial charge is 0.497 e. The van der Waals surface area contributed by atoms with Crippen molar-refractivity contribution < 1.29 is 14.3 Å². The van der Waals surface area contributed by atoms with Gasteiger partial charge in [-0.05, 0) is 17.7 Å². The Morgan fingerprint density at radius 2 is 1.81 bits per heavy atom. The Labute approximate surface area is 151 Å². The molecule has 134 valence electrons. The van der Waals surface area contributed by atoms with Crippen molar-refractivity contribution in [1.29, 1.82) is 0 Å². The molecule has 3 aromatic rings. The molecule has 1 aromatic heterocycles. The highest BCUT2D eigenvalue weighted by Crippen LogP contribution is 2.29. The third kappa shape index (κ3) is 3.61. The molecular weight excluding hydrogens is 332 g/mol. The SMILES string of the molecule is COc1ccc(NC(=O)Nc2ncc(-c3ccccc3)n2C)c(OC)c1. The van der Waals surface area contributed by atoms with Crippen LogP contribution in [-0.2, 0) is 7.05 Å². The van der Waals surface area contributed by atoms with Crippen LogP contribution in [-0.4, -0.2) is 29.8 Å². The van der Waals surface area contributed by atoms with Crippen molar-refractivity contribution in [1.82, 2.24) is 9.55 Å². The molecule has 0 saturated carbocycles. The Kier molecular flexibility index (Phi) is 5.07. The van der Waals surface area contributed by atoms with Crippen molar-refractivity contribution in [2.75, 3.05) is 24.9 Å². The van der Waals surface area contributed by atoms with Gasteiger partial charge in [-0.25, -0.2) is 9.78 Å². The molecule has 0 aliphatic carbocycles. The summed E-state index contributed by atoms with van der Waals surface area (Å²) in [5.41, 5.74) is 2.46. The van der Waals surface area contributed by atoms with E-state index in [1.807, 2.05) is 41.9 Å². The molecule has 2 aromatic carbocycles. The highest BCUT2D eigenvalue weighted by Gasteiger charge is 2.13. The number of ether oxygens (including phenoxy) is 2. The van der Waals surface area contributed by atoms with Crippen LogP contribution < -0.4 is 20.1 Å². The summed E-state index contributed by atoms with van der Waals surface area (Å²) >= 11 is 0. The van der Waals surface area contributed by atoms with E-state index in [-0.39, 0.29) is 0 Å². The number of benzene rings is 2. The van der Waals surface area contributed by atoms with E-state index in [1.54, 1.807) is 31.5 Å². The molecule has 1 heterocycles. The van der Waals surface area contributed by atoms with Gasteiger partial charge in [0.05, 0.1) is 31.8 Å². The molecule has 3 rings (SSSR count). The van der Waals surface area contributed by atoms with Gasteiger partial charge in [-0.15, -0.1) is 0 Å². The average molecular weight is 352 g/mol. The molecule has 0 saturated heterocycles. The summed E-state index contributed by atoms with van der Waals surface area (Å²) in [5.74, 6) is 1.59. The normalized spacial score (nSPS) is 10.3. The minimum atomic E-state index is -0.415. The molecule has 0 spiro atoms. The first-order valence-electron chi connectivity index (χ1n) is 7.99.